The van der Waals surface area contributed by atoms with Crippen molar-refractivity contribution in [3.63, 3.8) is 0 Å². The molecule has 1 amide bonds. The maximum absolute atomic E-state index is 13.9. The Labute approximate surface area is 160 Å². The van der Waals surface area contributed by atoms with E-state index in [1.165, 1.54) is 12.1 Å². The summed E-state index contributed by atoms with van der Waals surface area (Å²) in [5, 5.41) is 4.54. The summed E-state index contributed by atoms with van der Waals surface area (Å²) in [6.07, 6.45) is 0. The molecule has 0 unspecified atom stereocenters. The van der Waals surface area contributed by atoms with Gasteiger partial charge in [0.2, 0.25) is 5.76 Å². The van der Waals surface area contributed by atoms with Crippen molar-refractivity contribution in [1.29, 1.82) is 0 Å². The number of rotatable bonds is 3. The van der Waals surface area contributed by atoms with Crippen LogP contribution in [0.1, 0.15) is 10.6 Å². The molecule has 7 heteroatoms. The Morgan fingerprint density at radius 3 is 2.56 bits per heavy atom. The van der Waals surface area contributed by atoms with Gasteiger partial charge >= 0.3 is 0 Å². The lowest BCUT2D eigenvalue weighted by Gasteiger charge is -2.35. The van der Waals surface area contributed by atoms with Crippen molar-refractivity contribution in [2.24, 2.45) is 0 Å². The molecule has 138 valence electrons. The smallest absolute Gasteiger partial charge is 0.292 e. The summed E-state index contributed by atoms with van der Waals surface area (Å²) in [5.41, 5.74) is 1.66. The van der Waals surface area contributed by atoms with Crippen LogP contribution in [-0.2, 0) is 0 Å². The number of carbonyl (C=O) groups is 1. The van der Waals surface area contributed by atoms with Gasteiger partial charge in [-0.15, -0.1) is 0 Å². The highest BCUT2D eigenvalue weighted by Crippen LogP contribution is 2.24. The minimum Gasteiger partial charge on any atom is -0.368 e. The molecule has 1 aliphatic rings. The van der Waals surface area contributed by atoms with Gasteiger partial charge in [-0.1, -0.05) is 35.0 Å². The third-order valence-corrected chi connectivity index (χ3v) is 4.85. The van der Waals surface area contributed by atoms with Gasteiger partial charge in [0, 0.05) is 48.5 Å². The predicted octanol–water partition coefficient (Wildman–Crippen LogP) is 4.10. The first kappa shape index (κ1) is 17.5. The molecule has 0 atom stereocenters. The van der Waals surface area contributed by atoms with E-state index in [0.29, 0.717) is 42.5 Å². The van der Waals surface area contributed by atoms with Gasteiger partial charge in [-0.3, -0.25) is 4.79 Å². The van der Waals surface area contributed by atoms with E-state index >= 15 is 0 Å². The molecule has 1 aliphatic heterocycles. The average molecular weight is 386 g/mol. The van der Waals surface area contributed by atoms with Crippen molar-refractivity contribution < 1.29 is 13.7 Å². The van der Waals surface area contributed by atoms with Gasteiger partial charge < -0.3 is 14.3 Å². The summed E-state index contributed by atoms with van der Waals surface area (Å²) in [6.45, 7) is 2.50. The maximum Gasteiger partial charge on any atom is 0.292 e. The van der Waals surface area contributed by atoms with Crippen LogP contribution in [0.5, 0.6) is 0 Å². The first-order chi connectivity index (χ1) is 13.1. The molecule has 1 aromatic heterocycles. The Balaban J connectivity index is 1.43. The van der Waals surface area contributed by atoms with Crippen molar-refractivity contribution in [3.05, 3.63) is 71.2 Å². The lowest BCUT2D eigenvalue weighted by atomic mass is 10.1. The van der Waals surface area contributed by atoms with Crippen molar-refractivity contribution in [2.75, 3.05) is 31.1 Å². The molecule has 0 N–H and O–H groups in total. The van der Waals surface area contributed by atoms with Crippen LogP contribution < -0.4 is 4.90 Å². The van der Waals surface area contributed by atoms with Crippen molar-refractivity contribution in [2.45, 2.75) is 0 Å². The molecule has 4 rings (SSSR count). The second-order valence-electron chi connectivity index (χ2n) is 6.32. The number of hydrogen-bond acceptors (Lipinski definition) is 4. The summed E-state index contributed by atoms with van der Waals surface area (Å²) >= 11 is 6.05. The molecule has 0 spiro atoms. The van der Waals surface area contributed by atoms with Gasteiger partial charge in [0.15, 0.2) is 0 Å². The van der Waals surface area contributed by atoms with E-state index in [9.17, 15) is 9.18 Å². The zero-order chi connectivity index (χ0) is 18.8. The van der Waals surface area contributed by atoms with Crippen LogP contribution in [-0.4, -0.2) is 42.1 Å². The van der Waals surface area contributed by atoms with E-state index in [2.05, 4.69) is 10.1 Å². The van der Waals surface area contributed by atoms with Crippen molar-refractivity contribution >= 4 is 23.2 Å². The molecule has 1 fully saturated rings. The van der Waals surface area contributed by atoms with Gasteiger partial charge in [0.1, 0.15) is 11.5 Å². The highest BCUT2D eigenvalue weighted by Gasteiger charge is 2.25. The van der Waals surface area contributed by atoms with Crippen LogP contribution in [0.3, 0.4) is 0 Å². The van der Waals surface area contributed by atoms with E-state index < -0.39 is 5.82 Å². The predicted molar refractivity (Wildman–Crippen MR) is 101 cm³/mol. The first-order valence-electron chi connectivity index (χ1n) is 8.63. The maximum atomic E-state index is 13.9. The molecule has 5 nitrogen and oxygen atoms in total. The van der Waals surface area contributed by atoms with E-state index in [0.717, 1.165) is 5.69 Å². The summed E-state index contributed by atoms with van der Waals surface area (Å²) in [4.78, 5) is 16.6. The fourth-order valence-corrected chi connectivity index (χ4v) is 3.35. The van der Waals surface area contributed by atoms with Crippen LogP contribution in [0.4, 0.5) is 10.1 Å². The molecule has 27 heavy (non-hydrogen) atoms. The van der Waals surface area contributed by atoms with E-state index in [1.807, 2.05) is 24.3 Å². The summed E-state index contributed by atoms with van der Waals surface area (Å²) < 4.78 is 19.1. The standard InChI is InChI=1S/C20H17ClFN3O2/c21-14-4-3-5-15(12-14)24-8-10-25(11-9-24)20(26)19-13-18(23-27-19)16-6-1-2-7-17(16)22/h1-7,12-13H,8-11H2. The summed E-state index contributed by atoms with van der Waals surface area (Å²) in [6, 6.07) is 15.4. The molecular weight excluding hydrogens is 369 g/mol. The van der Waals surface area contributed by atoms with E-state index in [1.54, 1.807) is 23.1 Å². The Bertz CT molecular complexity index is 967. The van der Waals surface area contributed by atoms with Crippen LogP contribution in [0.15, 0.2) is 59.1 Å². The Hall–Kier alpha value is -2.86. The molecule has 0 aliphatic carbocycles. The van der Waals surface area contributed by atoms with E-state index in [4.69, 9.17) is 16.1 Å². The molecule has 0 radical (unpaired) electrons. The number of nitrogens with zero attached hydrogens (tertiary/aromatic N) is 3. The quantitative estimate of drug-likeness (QED) is 0.681. The molecule has 2 aromatic carbocycles. The number of benzene rings is 2. The zero-order valence-electron chi connectivity index (χ0n) is 14.4. The number of carbonyl (C=O) groups excluding carboxylic acids is 1. The average Bonchev–Trinajstić information content (AvgIpc) is 3.18. The number of hydrogen-bond donors (Lipinski definition) is 0. The van der Waals surface area contributed by atoms with Crippen molar-refractivity contribution in [1.82, 2.24) is 10.1 Å². The topological polar surface area (TPSA) is 49.6 Å². The molecule has 1 saturated heterocycles. The van der Waals surface area contributed by atoms with Crippen LogP contribution >= 0.6 is 11.6 Å². The van der Waals surface area contributed by atoms with Crippen LogP contribution in [0.2, 0.25) is 5.02 Å². The third kappa shape index (κ3) is 3.66. The molecule has 0 saturated carbocycles. The largest absolute Gasteiger partial charge is 0.368 e. The number of anilines is 1. The molecule has 2 heterocycles. The van der Waals surface area contributed by atoms with Crippen molar-refractivity contribution in [3.8, 4) is 11.3 Å². The number of piperazine rings is 1. The number of aromatic nitrogens is 1. The lowest BCUT2D eigenvalue weighted by Crippen LogP contribution is -2.48. The number of amides is 1. The molecular formula is C20H17ClFN3O2. The minimum atomic E-state index is -0.403. The Kier molecular flexibility index (Phi) is 4.81. The Morgan fingerprint density at radius 2 is 1.81 bits per heavy atom. The van der Waals surface area contributed by atoms with Gasteiger partial charge in [0.25, 0.3) is 5.91 Å². The lowest BCUT2D eigenvalue weighted by molar-refractivity contribution is 0.0705. The highest BCUT2D eigenvalue weighted by molar-refractivity contribution is 6.30. The Morgan fingerprint density at radius 1 is 1.04 bits per heavy atom. The van der Waals surface area contributed by atoms with Gasteiger partial charge in [-0.2, -0.15) is 0 Å². The fourth-order valence-electron chi connectivity index (χ4n) is 3.17. The minimum absolute atomic E-state index is 0.115. The monoisotopic (exact) mass is 385 g/mol. The summed E-state index contributed by atoms with van der Waals surface area (Å²) in [7, 11) is 0. The van der Waals surface area contributed by atoms with Gasteiger partial charge in [-0.05, 0) is 30.3 Å². The zero-order valence-corrected chi connectivity index (χ0v) is 15.2. The van der Waals surface area contributed by atoms with E-state index in [-0.39, 0.29) is 11.7 Å². The fraction of sp³-hybridized carbons (Fsp3) is 0.200. The van der Waals surface area contributed by atoms with Gasteiger partial charge in [-0.25, -0.2) is 4.39 Å². The second kappa shape index (κ2) is 7.40. The first-order valence-corrected chi connectivity index (χ1v) is 9.01. The van der Waals surface area contributed by atoms with Crippen LogP contribution in [0.25, 0.3) is 11.3 Å². The molecule has 0 bridgehead atoms. The van der Waals surface area contributed by atoms with Gasteiger partial charge in [0.05, 0.1) is 0 Å². The third-order valence-electron chi connectivity index (χ3n) is 4.61. The van der Waals surface area contributed by atoms with Crippen LogP contribution in [0, 0.1) is 5.82 Å². The molecule has 3 aromatic rings. The summed E-state index contributed by atoms with van der Waals surface area (Å²) in [5.74, 6) is -0.528. The SMILES string of the molecule is O=C(c1cc(-c2ccccc2F)no1)N1CCN(c2cccc(Cl)c2)CC1. The highest BCUT2D eigenvalue weighted by atomic mass is 35.5. The second-order valence-corrected chi connectivity index (χ2v) is 6.75. The number of halogens is 2. The normalized spacial score (nSPS) is 14.4.